The van der Waals surface area contributed by atoms with E-state index >= 15 is 0 Å². The molecule has 0 heterocycles. The minimum absolute atomic E-state index is 0.0108. The van der Waals surface area contributed by atoms with Crippen molar-refractivity contribution in [1.29, 1.82) is 0 Å². The molecular formula is C17H19N3O5S. The molecule has 0 bridgehead atoms. The van der Waals surface area contributed by atoms with Crippen LogP contribution in [0.4, 0.5) is 5.69 Å². The average molecular weight is 377 g/mol. The second kappa shape index (κ2) is 8.07. The molecule has 1 N–H and O–H groups in total. The molecule has 9 heteroatoms. The first-order valence-electron chi connectivity index (χ1n) is 7.76. The highest BCUT2D eigenvalue weighted by molar-refractivity contribution is 7.89. The lowest BCUT2D eigenvalue weighted by molar-refractivity contribution is -0.384. The quantitative estimate of drug-likeness (QED) is 0.585. The highest BCUT2D eigenvalue weighted by atomic mass is 32.2. The molecule has 8 nitrogen and oxygen atoms in total. The molecule has 1 amide bonds. The molecule has 2 aromatic carbocycles. The van der Waals surface area contributed by atoms with Crippen molar-refractivity contribution in [3.05, 3.63) is 69.8 Å². The second-order valence-corrected chi connectivity index (χ2v) is 7.90. The molecule has 26 heavy (non-hydrogen) atoms. The van der Waals surface area contributed by atoms with Gasteiger partial charge in [-0.15, -0.1) is 0 Å². The Labute approximate surface area is 151 Å². The van der Waals surface area contributed by atoms with Gasteiger partial charge >= 0.3 is 0 Å². The Kier molecular flexibility index (Phi) is 6.06. The lowest BCUT2D eigenvalue weighted by atomic mass is 10.1. The summed E-state index contributed by atoms with van der Waals surface area (Å²) >= 11 is 0. The Balaban J connectivity index is 1.99. The van der Waals surface area contributed by atoms with Gasteiger partial charge in [0.25, 0.3) is 11.6 Å². The number of sulfonamides is 1. The van der Waals surface area contributed by atoms with Crippen LogP contribution in [0.25, 0.3) is 0 Å². The molecule has 0 unspecified atom stereocenters. The van der Waals surface area contributed by atoms with Gasteiger partial charge in [0.15, 0.2) is 0 Å². The number of carbonyl (C=O) groups is 1. The predicted octanol–water partition coefficient (Wildman–Crippen LogP) is 1.82. The monoisotopic (exact) mass is 377 g/mol. The van der Waals surface area contributed by atoms with E-state index in [2.05, 4.69) is 5.32 Å². The van der Waals surface area contributed by atoms with Crippen LogP contribution in [0.15, 0.2) is 53.4 Å². The van der Waals surface area contributed by atoms with Gasteiger partial charge in [-0.2, -0.15) is 0 Å². The Morgan fingerprint density at radius 3 is 2.38 bits per heavy atom. The van der Waals surface area contributed by atoms with Gasteiger partial charge < -0.3 is 5.32 Å². The molecule has 0 atom stereocenters. The van der Waals surface area contributed by atoms with Crippen molar-refractivity contribution in [2.45, 2.75) is 11.3 Å². The summed E-state index contributed by atoms with van der Waals surface area (Å²) in [5.41, 5.74) is 1.10. The number of amides is 1. The first kappa shape index (κ1) is 19.5. The maximum absolute atomic E-state index is 12.2. The molecule has 0 radical (unpaired) electrons. The molecule has 138 valence electrons. The highest BCUT2D eigenvalue weighted by Crippen LogP contribution is 2.15. The number of hydrogen-bond donors (Lipinski definition) is 1. The van der Waals surface area contributed by atoms with Gasteiger partial charge in [-0.3, -0.25) is 14.9 Å². The van der Waals surface area contributed by atoms with Crippen LogP contribution in [-0.4, -0.2) is 44.2 Å². The molecular weight excluding hydrogens is 358 g/mol. The first-order chi connectivity index (χ1) is 12.2. The number of rotatable bonds is 7. The molecule has 0 saturated carbocycles. The summed E-state index contributed by atoms with van der Waals surface area (Å²) in [7, 11) is -0.763. The smallest absolute Gasteiger partial charge is 0.269 e. The van der Waals surface area contributed by atoms with Crippen LogP contribution in [-0.2, 0) is 16.4 Å². The fraction of sp³-hybridized carbons (Fsp3) is 0.235. The lowest BCUT2D eigenvalue weighted by Gasteiger charge is -2.12. The summed E-state index contributed by atoms with van der Waals surface area (Å²) in [6.07, 6.45) is 0.499. The summed E-state index contributed by atoms with van der Waals surface area (Å²) in [5.74, 6) is -0.386. The van der Waals surface area contributed by atoms with Gasteiger partial charge in [-0.1, -0.05) is 18.2 Å². The third-order valence-corrected chi connectivity index (χ3v) is 5.53. The summed E-state index contributed by atoms with van der Waals surface area (Å²) in [5, 5.41) is 13.3. The van der Waals surface area contributed by atoms with E-state index in [4.69, 9.17) is 0 Å². The fourth-order valence-corrected chi connectivity index (χ4v) is 3.16. The molecule has 0 saturated heterocycles. The topological polar surface area (TPSA) is 110 Å². The number of non-ortho nitro benzene ring substituents is 1. The minimum atomic E-state index is -3.61. The van der Waals surface area contributed by atoms with E-state index in [0.29, 0.717) is 13.0 Å². The van der Waals surface area contributed by atoms with Crippen LogP contribution in [0.2, 0.25) is 0 Å². The first-order valence-corrected chi connectivity index (χ1v) is 9.20. The van der Waals surface area contributed by atoms with E-state index in [0.717, 1.165) is 9.87 Å². The zero-order valence-corrected chi connectivity index (χ0v) is 15.2. The SMILES string of the molecule is CN(C)S(=O)(=O)c1cccc(C(=O)NCCc2ccc([N+](=O)[O-])cc2)c1. The maximum Gasteiger partial charge on any atom is 0.269 e. The Morgan fingerprint density at radius 1 is 1.15 bits per heavy atom. The van der Waals surface area contributed by atoms with Crippen LogP contribution in [0.5, 0.6) is 0 Å². The maximum atomic E-state index is 12.2. The number of nitrogens with one attached hydrogen (secondary N) is 1. The van der Waals surface area contributed by atoms with Crippen molar-refractivity contribution in [3.8, 4) is 0 Å². The van der Waals surface area contributed by atoms with Crippen LogP contribution >= 0.6 is 0 Å². The number of benzene rings is 2. The Morgan fingerprint density at radius 2 is 1.81 bits per heavy atom. The van der Waals surface area contributed by atoms with Crippen molar-refractivity contribution in [2.75, 3.05) is 20.6 Å². The Bertz CT molecular complexity index is 908. The van der Waals surface area contributed by atoms with E-state index in [1.54, 1.807) is 12.1 Å². The van der Waals surface area contributed by atoms with E-state index in [-0.39, 0.29) is 22.1 Å². The van der Waals surface area contributed by atoms with Gasteiger partial charge in [0.05, 0.1) is 9.82 Å². The van der Waals surface area contributed by atoms with Gasteiger partial charge in [0.2, 0.25) is 10.0 Å². The third-order valence-electron chi connectivity index (χ3n) is 3.72. The van der Waals surface area contributed by atoms with Gasteiger partial charge in [0, 0.05) is 38.3 Å². The van der Waals surface area contributed by atoms with Crippen LogP contribution < -0.4 is 5.32 Å². The van der Waals surface area contributed by atoms with Crippen molar-refractivity contribution in [3.63, 3.8) is 0 Å². The van der Waals surface area contributed by atoms with E-state index < -0.39 is 14.9 Å². The largest absolute Gasteiger partial charge is 0.352 e. The zero-order chi connectivity index (χ0) is 19.3. The minimum Gasteiger partial charge on any atom is -0.352 e. The van der Waals surface area contributed by atoms with Gasteiger partial charge in [-0.05, 0) is 30.2 Å². The normalized spacial score (nSPS) is 11.3. The van der Waals surface area contributed by atoms with E-state index in [1.165, 1.54) is 50.5 Å². The Hall–Kier alpha value is -2.78. The van der Waals surface area contributed by atoms with Crippen molar-refractivity contribution in [2.24, 2.45) is 0 Å². The molecule has 0 fully saturated rings. The summed E-state index contributed by atoms with van der Waals surface area (Å²) in [6, 6.07) is 11.9. The molecule has 2 rings (SSSR count). The molecule has 0 aliphatic rings. The number of nitrogens with zero attached hydrogens (tertiary/aromatic N) is 2. The van der Waals surface area contributed by atoms with Crippen molar-refractivity contribution < 1.29 is 18.1 Å². The summed E-state index contributed by atoms with van der Waals surface area (Å²) in [4.78, 5) is 22.4. The predicted molar refractivity (Wildman–Crippen MR) is 96.4 cm³/mol. The standard InChI is InChI=1S/C17H19N3O5S/c1-19(2)26(24,25)16-5-3-4-14(12-16)17(21)18-11-10-13-6-8-15(9-7-13)20(22)23/h3-9,12H,10-11H2,1-2H3,(H,18,21). The number of hydrogen-bond acceptors (Lipinski definition) is 5. The summed E-state index contributed by atoms with van der Waals surface area (Å²) < 4.78 is 25.3. The number of carbonyl (C=O) groups excluding carboxylic acids is 1. The van der Waals surface area contributed by atoms with Gasteiger partial charge in [0.1, 0.15) is 0 Å². The molecule has 0 aromatic heterocycles. The molecule has 0 spiro atoms. The van der Waals surface area contributed by atoms with Crippen LogP contribution in [0.1, 0.15) is 15.9 Å². The third kappa shape index (κ3) is 4.64. The van der Waals surface area contributed by atoms with E-state index in [9.17, 15) is 23.3 Å². The summed E-state index contributed by atoms with van der Waals surface area (Å²) in [6.45, 7) is 0.321. The average Bonchev–Trinajstić information content (AvgIpc) is 2.62. The molecule has 2 aromatic rings. The molecule has 0 aliphatic carbocycles. The van der Waals surface area contributed by atoms with Crippen molar-refractivity contribution in [1.82, 2.24) is 9.62 Å². The molecule has 0 aliphatic heterocycles. The number of nitro benzene ring substituents is 1. The van der Waals surface area contributed by atoms with Crippen LogP contribution in [0, 0.1) is 10.1 Å². The van der Waals surface area contributed by atoms with Crippen molar-refractivity contribution >= 4 is 21.6 Å². The number of nitro groups is 1. The van der Waals surface area contributed by atoms with Gasteiger partial charge in [-0.25, -0.2) is 12.7 Å². The fourth-order valence-electron chi connectivity index (χ4n) is 2.22. The zero-order valence-electron chi connectivity index (χ0n) is 14.4. The highest BCUT2D eigenvalue weighted by Gasteiger charge is 2.18. The van der Waals surface area contributed by atoms with E-state index in [1.807, 2.05) is 0 Å². The van der Waals surface area contributed by atoms with Crippen LogP contribution in [0.3, 0.4) is 0 Å². The second-order valence-electron chi connectivity index (χ2n) is 5.74. The lowest BCUT2D eigenvalue weighted by Crippen LogP contribution is -2.26.